The summed E-state index contributed by atoms with van der Waals surface area (Å²) in [6, 6.07) is 10.3. The van der Waals surface area contributed by atoms with Gasteiger partial charge in [0.1, 0.15) is 11.5 Å². The van der Waals surface area contributed by atoms with Gasteiger partial charge in [-0.05, 0) is 60.4 Å². The predicted octanol–water partition coefficient (Wildman–Crippen LogP) is 0.00440. The third-order valence-corrected chi connectivity index (χ3v) is 13.0. The Bertz CT molecular complexity index is 2250. The van der Waals surface area contributed by atoms with Gasteiger partial charge in [0.05, 0.1) is 38.0 Å². The third kappa shape index (κ3) is 15.2. The second-order valence-electron chi connectivity index (χ2n) is 17.1. The molecule has 1 aromatic heterocycles. The van der Waals surface area contributed by atoms with Crippen LogP contribution in [0.3, 0.4) is 0 Å². The highest BCUT2D eigenvalue weighted by atomic mass is 32.2. The molecule has 0 bridgehead atoms. The number of phenols is 2. The molecule has 0 atom stereocenters. The Morgan fingerprint density at radius 2 is 1.17 bits per heavy atom. The van der Waals surface area contributed by atoms with Gasteiger partial charge in [-0.15, -0.1) is 10.2 Å². The second kappa shape index (κ2) is 23.6. The van der Waals surface area contributed by atoms with Crippen molar-refractivity contribution >= 4 is 39.7 Å². The van der Waals surface area contributed by atoms with Crippen molar-refractivity contribution in [2.75, 3.05) is 111 Å². The fourth-order valence-electron chi connectivity index (χ4n) is 8.15. The molecule has 2 aromatic carbocycles. The molecule has 0 spiro atoms. The van der Waals surface area contributed by atoms with E-state index >= 15 is 0 Å². The minimum Gasteiger partial charge on any atom is -0.508 e. The lowest BCUT2D eigenvalue weighted by molar-refractivity contribution is -0.140. The molecule has 0 saturated carbocycles. The molecular formula is C43H62N10O12S. The summed E-state index contributed by atoms with van der Waals surface area (Å²) in [5.41, 5.74) is 2.30. The Balaban J connectivity index is 1.27. The number of hydrogen-bond donors (Lipinski definition) is 7. The lowest BCUT2D eigenvalue weighted by Gasteiger charge is -2.32. The van der Waals surface area contributed by atoms with E-state index in [0.29, 0.717) is 24.3 Å². The van der Waals surface area contributed by atoms with Crippen molar-refractivity contribution in [3.63, 3.8) is 0 Å². The standard InChI is InChI=1S/C43H62N10O12S/c1-29(2)33-23-34(36(55)24-35(33)54)41-46-47-42(53(41)32-6-4-30(5-7-32)22-31-8-12-52(13-9-31)66(3,64)65)43(63)45-11-10-44-37(56)25-48-14-16-49(26-38(57)58)18-20-51(28-40(61)62)21-19-50(17-15-48)27-39(59)60/h4-7,23-24,29,31,54-55H,8-22,25-28H2,1-3H3,(H,44,56)(H,45,63)(H,57,58)(H,59,60)(H,61,62). The summed E-state index contributed by atoms with van der Waals surface area (Å²) in [6.07, 6.45) is 3.39. The molecular weight excluding hydrogens is 881 g/mol. The van der Waals surface area contributed by atoms with Crippen LogP contribution in [0.25, 0.3) is 17.1 Å². The number of rotatable bonds is 18. The van der Waals surface area contributed by atoms with Crippen LogP contribution < -0.4 is 10.6 Å². The van der Waals surface area contributed by atoms with Gasteiger partial charge in [-0.2, -0.15) is 0 Å². The van der Waals surface area contributed by atoms with Crippen LogP contribution >= 0.6 is 0 Å². The lowest BCUT2D eigenvalue weighted by Crippen LogP contribution is -2.50. The first-order valence-electron chi connectivity index (χ1n) is 21.9. The van der Waals surface area contributed by atoms with E-state index < -0.39 is 39.7 Å². The number of benzene rings is 2. The summed E-state index contributed by atoms with van der Waals surface area (Å²) < 4.78 is 27.0. The number of carboxylic acids is 3. The summed E-state index contributed by atoms with van der Waals surface area (Å²) in [7, 11) is -3.25. The molecule has 0 unspecified atom stereocenters. The van der Waals surface area contributed by atoms with Gasteiger partial charge in [-0.25, -0.2) is 12.7 Å². The van der Waals surface area contributed by atoms with Crippen molar-refractivity contribution in [2.24, 2.45) is 5.92 Å². The second-order valence-corrected chi connectivity index (χ2v) is 19.1. The van der Waals surface area contributed by atoms with E-state index in [1.165, 1.54) is 21.2 Å². The maximum atomic E-state index is 13.8. The van der Waals surface area contributed by atoms with Gasteiger partial charge < -0.3 is 36.2 Å². The Morgan fingerprint density at radius 3 is 1.64 bits per heavy atom. The number of carbonyl (C=O) groups is 5. The van der Waals surface area contributed by atoms with Gasteiger partial charge in [-0.1, -0.05) is 26.0 Å². The highest BCUT2D eigenvalue weighted by Gasteiger charge is 2.27. The number of aromatic nitrogens is 3. The predicted molar refractivity (Wildman–Crippen MR) is 241 cm³/mol. The number of aromatic hydroxyl groups is 2. The molecule has 3 heterocycles. The highest BCUT2D eigenvalue weighted by Crippen LogP contribution is 2.38. The van der Waals surface area contributed by atoms with Gasteiger partial charge in [0.15, 0.2) is 5.82 Å². The molecule has 2 aliphatic heterocycles. The smallest absolute Gasteiger partial charge is 0.317 e. The van der Waals surface area contributed by atoms with Crippen LogP contribution in [0.1, 0.15) is 54.4 Å². The molecule has 23 heteroatoms. The van der Waals surface area contributed by atoms with Gasteiger partial charge in [-0.3, -0.25) is 48.1 Å². The number of nitrogens with one attached hydrogen (secondary N) is 2. The van der Waals surface area contributed by atoms with Gasteiger partial charge >= 0.3 is 17.9 Å². The number of carboxylic acid groups (broad SMARTS) is 3. The highest BCUT2D eigenvalue weighted by molar-refractivity contribution is 7.88. The SMILES string of the molecule is CC(C)c1cc(-c2nnc(C(=O)NCCNC(=O)CN3CCN(CC(=O)O)CCN(CC(=O)O)CCN(CC(=O)O)CC3)n2-c2ccc(CC3CCN(S(C)(=O)=O)CC3)cc2)c(O)cc1O. The number of carbonyl (C=O) groups excluding carboxylic acids is 2. The van der Waals surface area contributed by atoms with Crippen molar-refractivity contribution in [3.05, 3.63) is 53.3 Å². The van der Waals surface area contributed by atoms with Gasteiger partial charge in [0.25, 0.3) is 5.91 Å². The fraction of sp³-hybridized carbons (Fsp3) is 0.558. The van der Waals surface area contributed by atoms with E-state index in [4.69, 9.17) is 0 Å². The van der Waals surface area contributed by atoms with Gasteiger partial charge in [0.2, 0.25) is 21.8 Å². The van der Waals surface area contributed by atoms with E-state index in [9.17, 15) is 57.9 Å². The van der Waals surface area contributed by atoms with Crippen LogP contribution in [0, 0.1) is 5.92 Å². The minimum absolute atomic E-state index is 0.0164. The van der Waals surface area contributed by atoms with Gasteiger partial charge in [0, 0.05) is 90.3 Å². The molecule has 66 heavy (non-hydrogen) atoms. The Kier molecular flexibility index (Phi) is 18.4. The lowest BCUT2D eigenvalue weighted by atomic mass is 9.91. The van der Waals surface area contributed by atoms with Crippen LogP contribution in [0.2, 0.25) is 0 Å². The van der Waals surface area contributed by atoms with Crippen molar-refractivity contribution in [1.82, 2.24) is 49.3 Å². The summed E-state index contributed by atoms with van der Waals surface area (Å²) in [5.74, 6) is -4.39. The van der Waals surface area contributed by atoms with E-state index in [0.717, 1.165) is 24.8 Å². The van der Waals surface area contributed by atoms with E-state index in [1.807, 2.05) is 26.0 Å². The number of phenolic OH excluding ortho intramolecular Hbond substituents is 2. The fourth-order valence-corrected chi connectivity index (χ4v) is 9.02. The zero-order chi connectivity index (χ0) is 48.1. The summed E-state index contributed by atoms with van der Waals surface area (Å²) in [4.78, 5) is 68.6. The van der Waals surface area contributed by atoms with E-state index in [-0.39, 0.29) is 132 Å². The summed E-state index contributed by atoms with van der Waals surface area (Å²) in [6.45, 7) is 5.68. The van der Waals surface area contributed by atoms with Crippen LogP contribution in [0.15, 0.2) is 36.4 Å². The monoisotopic (exact) mass is 942 g/mol. The molecule has 7 N–H and O–H groups in total. The normalized spacial score (nSPS) is 17.2. The largest absolute Gasteiger partial charge is 0.508 e. The van der Waals surface area contributed by atoms with Crippen LogP contribution in [0.5, 0.6) is 11.5 Å². The molecule has 362 valence electrons. The minimum atomic E-state index is -3.25. The Labute approximate surface area is 383 Å². The number of hydrogen-bond acceptors (Lipinski definition) is 15. The zero-order valence-electron chi connectivity index (χ0n) is 37.6. The molecule has 2 saturated heterocycles. The molecule has 0 aliphatic carbocycles. The first-order valence-corrected chi connectivity index (χ1v) is 23.8. The third-order valence-electron chi connectivity index (χ3n) is 11.7. The number of aliphatic carboxylic acids is 3. The molecule has 2 amide bonds. The molecule has 0 radical (unpaired) electrons. The number of nitrogens with zero attached hydrogens (tertiary/aromatic N) is 8. The average Bonchev–Trinajstić information content (AvgIpc) is 3.68. The molecule has 2 fully saturated rings. The van der Waals surface area contributed by atoms with Crippen LogP contribution in [0.4, 0.5) is 0 Å². The van der Waals surface area contributed by atoms with Crippen molar-refractivity contribution in [3.8, 4) is 28.6 Å². The maximum absolute atomic E-state index is 13.8. The number of piperidine rings is 1. The quantitative estimate of drug-likeness (QED) is 0.0827. The average molecular weight is 943 g/mol. The van der Waals surface area contributed by atoms with Crippen molar-refractivity contribution in [1.29, 1.82) is 0 Å². The topological polar surface area (TPSA) is 292 Å². The van der Waals surface area contributed by atoms with Crippen molar-refractivity contribution < 1.29 is 57.9 Å². The van der Waals surface area contributed by atoms with Crippen LogP contribution in [-0.4, -0.2) is 213 Å². The summed E-state index contributed by atoms with van der Waals surface area (Å²) >= 11 is 0. The Morgan fingerprint density at radius 1 is 0.682 bits per heavy atom. The molecule has 2 aliphatic rings. The van der Waals surface area contributed by atoms with Crippen LogP contribution in [-0.2, 0) is 35.6 Å². The summed E-state index contributed by atoms with van der Waals surface area (Å²) in [5, 5.41) is 64.1. The zero-order valence-corrected chi connectivity index (χ0v) is 38.5. The Hall–Kier alpha value is -5.72. The first-order chi connectivity index (χ1) is 31.3. The van der Waals surface area contributed by atoms with E-state index in [2.05, 4.69) is 20.8 Å². The molecule has 3 aromatic rings. The molecule has 22 nitrogen and oxygen atoms in total. The maximum Gasteiger partial charge on any atom is 0.317 e. The van der Waals surface area contributed by atoms with E-state index in [1.54, 1.807) is 37.8 Å². The first kappa shape index (κ1) is 51.3. The number of amides is 2. The van der Waals surface area contributed by atoms with Crippen molar-refractivity contribution in [2.45, 2.75) is 39.0 Å². The number of sulfonamides is 1. The molecule has 5 rings (SSSR count).